The highest BCUT2D eigenvalue weighted by atomic mass is 15.2. The van der Waals surface area contributed by atoms with Crippen LogP contribution in [0.25, 0.3) is 0 Å². The Labute approximate surface area is 127 Å². The van der Waals surface area contributed by atoms with Gasteiger partial charge in [-0.15, -0.1) is 0 Å². The third kappa shape index (κ3) is 3.84. The Balaban J connectivity index is 2.33. The van der Waals surface area contributed by atoms with Gasteiger partial charge in [-0.1, -0.05) is 20.8 Å². The molecule has 0 spiro atoms. The first-order chi connectivity index (χ1) is 10.2. The van der Waals surface area contributed by atoms with Crippen LogP contribution in [0.1, 0.15) is 57.9 Å². The number of hydrogen-bond acceptors (Lipinski definition) is 5. The first-order valence-electron chi connectivity index (χ1n) is 7.91. The fourth-order valence-corrected chi connectivity index (χ4v) is 2.55. The zero-order valence-corrected chi connectivity index (χ0v) is 13.3. The molecule has 5 nitrogen and oxygen atoms in total. The summed E-state index contributed by atoms with van der Waals surface area (Å²) in [6.07, 6.45) is 5.64. The number of aromatic nitrogens is 2. The third-order valence-corrected chi connectivity index (χ3v) is 3.71. The molecule has 114 valence electrons. The van der Waals surface area contributed by atoms with Crippen molar-refractivity contribution in [1.82, 2.24) is 9.97 Å². The first kappa shape index (κ1) is 15.6. The maximum Gasteiger partial charge on any atom is 0.137 e. The molecule has 0 saturated heterocycles. The molecule has 1 fully saturated rings. The minimum atomic E-state index is 0.351. The normalized spacial score (nSPS) is 14.0. The zero-order chi connectivity index (χ0) is 15.2. The van der Waals surface area contributed by atoms with Crippen molar-refractivity contribution in [2.24, 2.45) is 0 Å². The molecular weight excluding hydrogens is 262 g/mol. The minimum absolute atomic E-state index is 0.351. The number of anilines is 2. The molecule has 1 aliphatic carbocycles. The lowest BCUT2D eigenvalue weighted by Gasteiger charge is -2.27. The molecule has 0 aliphatic heterocycles. The molecule has 5 heteroatoms. The van der Waals surface area contributed by atoms with Gasteiger partial charge >= 0.3 is 0 Å². The number of rotatable bonds is 8. The fourth-order valence-electron chi connectivity index (χ4n) is 2.55. The van der Waals surface area contributed by atoms with Crippen molar-refractivity contribution in [3.05, 3.63) is 11.9 Å². The van der Waals surface area contributed by atoms with Gasteiger partial charge in [0.2, 0.25) is 0 Å². The van der Waals surface area contributed by atoms with Crippen LogP contribution in [-0.4, -0.2) is 29.1 Å². The lowest BCUT2D eigenvalue weighted by molar-refractivity contribution is 0.747. The summed E-state index contributed by atoms with van der Waals surface area (Å²) in [7, 11) is 0. The van der Waals surface area contributed by atoms with Crippen molar-refractivity contribution in [3.63, 3.8) is 0 Å². The van der Waals surface area contributed by atoms with Gasteiger partial charge < -0.3 is 10.2 Å². The highest BCUT2D eigenvalue weighted by Crippen LogP contribution is 2.37. The van der Waals surface area contributed by atoms with E-state index in [9.17, 15) is 0 Å². The van der Waals surface area contributed by atoms with Crippen molar-refractivity contribution in [1.29, 1.82) is 5.26 Å². The minimum Gasteiger partial charge on any atom is -0.370 e. The Morgan fingerprint density at radius 3 is 2.76 bits per heavy atom. The van der Waals surface area contributed by atoms with Gasteiger partial charge in [-0.25, -0.2) is 9.97 Å². The van der Waals surface area contributed by atoms with Crippen LogP contribution >= 0.6 is 0 Å². The van der Waals surface area contributed by atoms with E-state index < -0.39 is 0 Å². The summed E-state index contributed by atoms with van der Waals surface area (Å²) < 4.78 is 0. The van der Waals surface area contributed by atoms with E-state index in [2.05, 4.69) is 47.0 Å². The van der Waals surface area contributed by atoms with Crippen molar-refractivity contribution in [3.8, 4) is 6.07 Å². The van der Waals surface area contributed by atoms with Crippen molar-refractivity contribution in [2.75, 3.05) is 23.3 Å². The Morgan fingerprint density at radius 2 is 2.19 bits per heavy atom. The van der Waals surface area contributed by atoms with Gasteiger partial charge in [0.1, 0.15) is 18.0 Å². The number of nitrogens with zero attached hydrogens (tertiary/aromatic N) is 4. The van der Waals surface area contributed by atoms with Crippen LogP contribution in [0.2, 0.25) is 0 Å². The summed E-state index contributed by atoms with van der Waals surface area (Å²) >= 11 is 0. The van der Waals surface area contributed by atoms with Crippen LogP contribution in [0.15, 0.2) is 6.33 Å². The number of nitriles is 1. The predicted molar refractivity (Wildman–Crippen MR) is 85.5 cm³/mol. The van der Waals surface area contributed by atoms with E-state index in [0.717, 1.165) is 31.1 Å². The second kappa shape index (κ2) is 7.26. The average molecular weight is 287 g/mol. The van der Waals surface area contributed by atoms with Crippen LogP contribution in [0, 0.1) is 11.3 Å². The van der Waals surface area contributed by atoms with Gasteiger partial charge in [0.15, 0.2) is 0 Å². The molecule has 1 N–H and O–H groups in total. The third-order valence-electron chi connectivity index (χ3n) is 3.71. The summed E-state index contributed by atoms with van der Waals surface area (Å²) in [5.41, 5.74) is 1.18. The number of nitrogens with one attached hydrogen (secondary N) is 1. The molecule has 1 aromatic rings. The molecule has 0 bridgehead atoms. The molecule has 0 unspecified atom stereocenters. The molecule has 0 aromatic carbocycles. The lowest BCUT2D eigenvalue weighted by Crippen LogP contribution is -2.29. The molecule has 21 heavy (non-hydrogen) atoms. The van der Waals surface area contributed by atoms with Gasteiger partial charge in [0.25, 0.3) is 0 Å². The van der Waals surface area contributed by atoms with Crippen LogP contribution < -0.4 is 10.2 Å². The Morgan fingerprint density at radius 1 is 1.43 bits per heavy atom. The van der Waals surface area contributed by atoms with Crippen LogP contribution in [0.5, 0.6) is 0 Å². The summed E-state index contributed by atoms with van der Waals surface area (Å²) in [6.45, 7) is 8.17. The van der Waals surface area contributed by atoms with E-state index in [0.29, 0.717) is 18.4 Å². The molecule has 1 heterocycles. The van der Waals surface area contributed by atoms with Crippen LogP contribution in [0.4, 0.5) is 11.6 Å². The zero-order valence-electron chi connectivity index (χ0n) is 13.3. The highest BCUT2D eigenvalue weighted by molar-refractivity contribution is 5.61. The molecule has 1 saturated carbocycles. The second-order valence-electron chi connectivity index (χ2n) is 5.87. The first-order valence-corrected chi connectivity index (χ1v) is 7.91. The maximum atomic E-state index is 8.89. The smallest absolute Gasteiger partial charge is 0.137 e. The van der Waals surface area contributed by atoms with Gasteiger partial charge in [0, 0.05) is 24.7 Å². The van der Waals surface area contributed by atoms with Crippen molar-refractivity contribution < 1.29 is 0 Å². The van der Waals surface area contributed by atoms with E-state index >= 15 is 0 Å². The molecule has 0 atom stereocenters. The molecule has 2 rings (SSSR count). The lowest BCUT2D eigenvalue weighted by atomic mass is 10.0. The summed E-state index contributed by atoms with van der Waals surface area (Å²) in [4.78, 5) is 11.3. The van der Waals surface area contributed by atoms with E-state index in [1.54, 1.807) is 6.33 Å². The van der Waals surface area contributed by atoms with E-state index in [-0.39, 0.29) is 0 Å². The monoisotopic (exact) mass is 287 g/mol. The summed E-state index contributed by atoms with van der Waals surface area (Å²) in [5, 5.41) is 12.3. The molecule has 0 radical (unpaired) electrons. The summed E-state index contributed by atoms with van der Waals surface area (Å²) in [5.74, 6) is 2.31. The molecule has 1 aliphatic rings. The second-order valence-corrected chi connectivity index (χ2v) is 5.87. The standard InChI is InChI=1S/C16H25N5/c1-4-9-18-15-14(12(2)3)16(20-11-19-15)21(10-5-8-17)13-6-7-13/h11-13H,4-7,9-10H2,1-3H3,(H,18,19,20). The van der Waals surface area contributed by atoms with E-state index in [1.165, 1.54) is 18.4 Å². The van der Waals surface area contributed by atoms with Gasteiger partial charge in [-0.2, -0.15) is 5.26 Å². The quantitative estimate of drug-likeness (QED) is 0.794. The van der Waals surface area contributed by atoms with Crippen molar-refractivity contribution in [2.45, 2.75) is 58.4 Å². The van der Waals surface area contributed by atoms with Crippen LogP contribution in [0.3, 0.4) is 0 Å². The molecule has 0 amide bonds. The average Bonchev–Trinajstić information content (AvgIpc) is 3.30. The van der Waals surface area contributed by atoms with Gasteiger partial charge in [-0.05, 0) is 25.2 Å². The predicted octanol–water partition coefficient (Wildman–Crippen LogP) is 3.30. The SMILES string of the molecule is CCCNc1ncnc(N(CCC#N)C2CC2)c1C(C)C. The largest absolute Gasteiger partial charge is 0.370 e. The van der Waals surface area contributed by atoms with Gasteiger partial charge in [0.05, 0.1) is 12.5 Å². The Kier molecular flexibility index (Phi) is 5.38. The van der Waals surface area contributed by atoms with Crippen LogP contribution in [-0.2, 0) is 0 Å². The maximum absolute atomic E-state index is 8.89. The van der Waals surface area contributed by atoms with E-state index in [1.807, 2.05) is 0 Å². The highest BCUT2D eigenvalue weighted by Gasteiger charge is 2.32. The Hall–Kier alpha value is -1.83. The number of hydrogen-bond donors (Lipinski definition) is 1. The van der Waals surface area contributed by atoms with Crippen molar-refractivity contribution >= 4 is 11.6 Å². The van der Waals surface area contributed by atoms with E-state index in [4.69, 9.17) is 5.26 Å². The van der Waals surface area contributed by atoms with Gasteiger partial charge in [-0.3, -0.25) is 0 Å². The molecular formula is C16H25N5. The Bertz CT molecular complexity index is 502. The molecule has 1 aromatic heterocycles. The topological polar surface area (TPSA) is 64.8 Å². The summed E-state index contributed by atoms with van der Waals surface area (Å²) in [6, 6.07) is 2.79. The fraction of sp³-hybridized carbons (Fsp3) is 0.688.